The van der Waals surface area contributed by atoms with Crippen LogP contribution < -0.4 is 0 Å². The largest absolute Gasteiger partial charge is 0.449 e. The zero-order chi connectivity index (χ0) is 15.2. The highest BCUT2D eigenvalue weighted by Gasteiger charge is 2.34. The molecule has 21 heavy (non-hydrogen) atoms. The molecule has 3 rings (SSSR count). The number of aromatic nitrogens is 4. The van der Waals surface area contributed by atoms with Crippen LogP contribution in [0.25, 0.3) is 16.7 Å². The Bertz CT molecular complexity index is 884. The average molecular weight is 375 g/mol. The molecular formula is C12H6BrF3N4S. The van der Waals surface area contributed by atoms with Crippen LogP contribution in [-0.4, -0.2) is 19.7 Å². The molecule has 3 aromatic rings. The number of nitrogens with one attached hydrogen (secondary N) is 1. The zero-order valence-corrected chi connectivity index (χ0v) is 12.6. The Balaban J connectivity index is 2.31. The maximum absolute atomic E-state index is 12.8. The zero-order valence-electron chi connectivity index (χ0n) is 10.1. The topological polar surface area (TPSA) is 46.5 Å². The van der Waals surface area contributed by atoms with E-state index in [9.17, 15) is 13.2 Å². The summed E-state index contributed by atoms with van der Waals surface area (Å²) in [5, 5.41) is 4.44. The molecule has 0 aliphatic rings. The highest BCUT2D eigenvalue weighted by molar-refractivity contribution is 9.10. The molecule has 2 heterocycles. The number of rotatable bonds is 1. The molecule has 0 radical (unpaired) electrons. The van der Waals surface area contributed by atoms with E-state index in [1.165, 1.54) is 10.9 Å². The molecule has 0 saturated carbocycles. The molecule has 0 aliphatic heterocycles. The summed E-state index contributed by atoms with van der Waals surface area (Å²) in [5.41, 5.74) is 0.754. The Morgan fingerprint density at radius 3 is 2.71 bits per heavy atom. The lowest BCUT2D eigenvalue weighted by Crippen LogP contribution is -2.12. The van der Waals surface area contributed by atoms with Gasteiger partial charge in [-0.3, -0.25) is 0 Å². The van der Waals surface area contributed by atoms with Gasteiger partial charge in [-0.05, 0) is 18.2 Å². The normalized spacial score (nSPS) is 12.0. The average Bonchev–Trinajstić information content (AvgIpc) is 2.82. The second-order valence-corrected chi connectivity index (χ2v) is 5.49. The molecule has 2 aromatic heterocycles. The standard InChI is InChI=1S/C12H6BrF3N4S/c13-6-2-1-3-7(4-6)20-9-8(5-17-20)10(21)19-11(18-9)12(14,15)16/h1-5H,(H,18,19,21). The van der Waals surface area contributed by atoms with Gasteiger partial charge in [0.25, 0.3) is 0 Å². The van der Waals surface area contributed by atoms with Crippen LogP contribution in [0.3, 0.4) is 0 Å². The molecule has 108 valence electrons. The van der Waals surface area contributed by atoms with Gasteiger partial charge in [-0.25, -0.2) is 9.67 Å². The Labute approximate surface area is 129 Å². The van der Waals surface area contributed by atoms with Crippen molar-refractivity contribution >= 4 is 39.2 Å². The minimum absolute atomic E-state index is 0.141. The highest BCUT2D eigenvalue weighted by atomic mass is 79.9. The van der Waals surface area contributed by atoms with Crippen LogP contribution >= 0.6 is 28.1 Å². The molecule has 0 amide bonds. The lowest BCUT2D eigenvalue weighted by atomic mass is 10.3. The smallest absolute Gasteiger partial charge is 0.320 e. The van der Waals surface area contributed by atoms with Gasteiger partial charge in [0.15, 0.2) is 0 Å². The summed E-state index contributed by atoms with van der Waals surface area (Å²) in [6, 6.07) is 7.02. The molecule has 4 nitrogen and oxygen atoms in total. The summed E-state index contributed by atoms with van der Waals surface area (Å²) in [7, 11) is 0. The molecule has 0 atom stereocenters. The van der Waals surface area contributed by atoms with Gasteiger partial charge in [0.2, 0.25) is 5.82 Å². The molecule has 0 unspecified atom stereocenters. The SMILES string of the molecule is FC(F)(F)c1nc(=S)c2cnn(-c3cccc(Br)c3)c2[nH]1. The van der Waals surface area contributed by atoms with Gasteiger partial charge in [0.1, 0.15) is 10.3 Å². The number of benzene rings is 1. The number of H-pyrrole nitrogens is 1. The van der Waals surface area contributed by atoms with E-state index in [-0.39, 0.29) is 10.3 Å². The van der Waals surface area contributed by atoms with Crippen LogP contribution in [-0.2, 0) is 6.18 Å². The van der Waals surface area contributed by atoms with Crippen molar-refractivity contribution in [1.29, 1.82) is 0 Å². The number of aromatic amines is 1. The maximum atomic E-state index is 12.8. The number of hydrogen-bond acceptors (Lipinski definition) is 3. The third-order valence-corrected chi connectivity index (χ3v) is 3.58. The summed E-state index contributed by atoms with van der Waals surface area (Å²) in [5.74, 6) is -1.14. The van der Waals surface area contributed by atoms with E-state index in [4.69, 9.17) is 12.2 Å². The highest BCUT2D eigenvalue weighted by Crippen LogP contribution is 2.28. The van der Waals surface area contributed by atoms with Crippen molar-refractivity contribution < 1.29 is 13.2 Å². The van der Waals surface area contributed by atoms with Crippen molar-refractivity contribution in [3.8, 4) is 5.69 Å². The summed E-state index contributed by atoms with van der Waals surface area (Å²) in [6.07, 6.45) is -3.21. The molecule has 9 heteroatoms. The van der Waals surface area contributed by atoms with Crippen molar-refractivity contribution in [2.75, 3.05) is 0 Å². The number of hydrogen-bond donors (Lipinski definition) is 1. The van der Waals surface area contributed by atoms with Gasteiger partial charge in [-0.1, -0.05) is 34.2 Å². The van der Waals surface area contributed by atoms with Crippen LogP contribution in [0.15, 0.2) is 34.9 Å². The second kappa shape index (κ2) is 4.92. The van der Waals surface area contributed by atoms with Crippen molar-refractivity contribution in [1.82, 2.24) is 19.7 Å². The summed E-state index contributed by atoms with van der Waals surface area (Å²) in [4.78, 5) is 5.63. The molecule has 0 bridgehead atoms. The van der Waals surface area contributed by atoms with Crippen molar-refractivity contribution in [2.24, 2.45) is 0 Å². The molecule has 0 aliphatic carbocycles. The molecule has 0 fully saturated rings. The number of alkyl halides is 3. The first kappa shape index (κ1) is 14.2. The van der Waals surface area contributed by atoms with Crippen LogP contribution in [0, 0.1) is 4.64 Å². The Kier molecular flexibility index (Phi) is 3.33. The van der Waals surface area contributed by atoms with Crippen molar-refractivity contribution in [3.05, 3.63) is 45.4 Å². The van der Waals surface area contributed by atoms with Gasteiger partial charge >= 0.3 is 6.18 Å². The molecule has 0 spiro atoms. The predicted octanol–water partition coefficient (Wildman–Crippen LogP) is 4.26. The predicted molar refractivity (Wildman–Crippen MR) is 76.8 cm³/mol. The van der Waals surface area contributed by atoms with Crippen molar-refractivity contribution in [2.45, 2.75) is 6.18 Å². The van der Waals surface area contributed by atoms with Crippen LogP contribution in [0.4, 0.5) is 13.2 Å². The third-order valence-electron chi connectivity index (χ3n) is 2.77. The fourth-order valence-electron chi connectivity index (χ4n) is 1.86. The Morgan fingerprint density at radius 2 is 2.05 bits per heavy atom. The third kappa shape index (κ3) is 2.58. The van der Waals surface area contributed by atoms with Crippen LogP contribution in [0.2, 0.25) is 0 Å². The van der Waals surface area contributed by atoms with Gasteiger partial charge in [-0.2, -0.15) is 18.3 Å². The summed E-state index contributed by atoms with van der Waals surface area (Å²) >= 11 is 8.21. The van der Waals surface area contributed by atoms with Gasteiger partial charge in [0.05, 0.1) is 17.3 Å². The number of fused-ring (bicyclic) bond motifs is 1. The van der Waals surface area contributed by atoms with E-state index < -0.39 is 12.0 Å². The Hall–Kier alpha value is -1.74. The molecular weight excluding hydrogens is 369 g/mol. The first-order chi connectivity index (χ1) is 9.86. The minimum atomic E-state index is -4.60. The van der Waals surface area contributed by atoms with Gasteiger partial charge < -0.3 is 4.98 Å². The number of halogens is 4. The molecule has 0 saturated heterocycles. The number of nitrogens with zero attached hydrogens (tertiary/aromatic N) is 3. The van der Waals surface area contributed by atoms with E-state index >= 15 is 0 Å². The maximum Gasteiger partial charge on any atom is 0.449 e. The van der Waals surface area contributed by atoms with Gasteiger partial charge in [0, 0.05) is 4.47 Å². The van der Waals surface area contributed by atoms with E-state index in [0.717, 1.165) is 4.47 Å². The molecule has 1 N–H and O–H groups in total. The van der Waals surface area contributed by atoms with E-state index in [0.29, 0.717) is 11.1 Å². The lowest BCUT2D eigenvalue weighted by Gasteiger charge is -2.08. The first-order valence-corrected chi connectivity index (χ1v) is 6.87. The van der Waals surface area contributed by atoms with E-state index in [1.54, 1.807) is 24.3 Å². The second-order valence-electron chi connectivity index (χ2n) is 4.19. The first-order valence-electron chi connectivity index (χ1n) is 5.67. The van der Waals surface area contributed by atoms with E-state index in [1.807, 2.05) is 0 Å². The van der Waals surface area contributed by atoms with Crippen LogP contribution in [0.5, 0.6) is 0 Å². The summed E-state index contributed by atoms with van der Waals surface area (Å²) < 4.78 is 40.5. The fourth-order valence-corrected chi connectivity index (χ4v) is 2.49. The Morgan fingerprint density at radius 1 is 1.29 bits per heavy atom. The minimum Gasteiger partial charge on any atom is -0.320 e. The monoisotopic (exact) mass is 374 g/mol. The molecule has 1 aromatic carbocycles. The van der Waals surface area contributed by atoms with Gasteiger partial charge in [-0.15, -0.1) is 0 Å². The fraction of sp³-hybridized carbons (Fsp3) is 0.0833. The van der Waals surface area contributed by atoms with E-state index in [2.05, 4.69) is 31.0 Å². The summed E-state index contributed by atoms with van der Waals surface area (Å²) in [6.45, 7) is 0. The lowest BCUT2D eigenvalue weighted by molar-refractivity contribution is -0.144. The van der Waals surface area contributed by atoms with Crippen molar-refractivity contribution in [3.63, 3.8) is 0 Å². The quantitative estimate of drug-likeness (QED) is 0.647. The van der Waals surface area contributed by atoms with Crippen LogP contribution in [0.1, 0.15) is 5.82 Å².